The van der Waals surface area contributed by atoms with Crippen molar-refractivity contribution in [1.29, 1.82) is 0 Å². The lowest BCUT2D eigenvalue weighted by Gasteiger charge is -2.15. The molecular formula is C24H25FN6O5. The van der Waals surface area contributed by atoms with Crippen molar-refractivity contribution in [1.82, 2.24) is 25.6 Å². The van der Waals surface area contributed by atoms with Gasteiger partial charge in [-0.3, -0.25) is 14.5 Å². The molecule has 188 valence electrons. The molecule has 12 heteroatoms. The summed E-state index contributed by atoms with van der Waals surface area (Å²) in [4.78, 5) is 36.7. The number of rotatable bonds is 9. The summed E-state index contributed by atoms with van der Waals surface area (Å²) in [6.45, 7) is 1.77. The van der Waals surface area contributed by atoms with Gasteiger partial charge in [0.1, 0.15) is 24.2 Å². The molecule has 1 atom stereocenters. The molecule has 0 unspecified atom stereocenters. The predicted octanol–water partition coefficient (Wildman–Crippen LogP) is 1.35. The Bertz CT molecular complexity index is 1260. The van der Waals surface area contributed by atoms with Crippen molar-refractivity contribution in [3.63, 3.8) is 0 Å². The molecule has 1 aliphatic rings. The predicted molar refractivity (Wildman–Crippen MR) is 126 cm³/mol. The van der Waals surface area contributed by atoms with Crippen molar-refractivity contribution in [3.8, 4) is 11.1 Å². The topological polar surface area (TPSA) is 139 Å². The number of hydrogen-bond donors (Lipinski definition) is 3. The maximum Gasteiger partial charge on any atom is 0.414 e. The minimum atomic E-state index is -0.596. The van der Waals surface area contributed by atoms with Gasteiger partial charge in [0.05, 0.1) is 31.6 Å². The van der Waals surface area contributed by atoms with Crippen LogP contribution in [0.15, 0.2) is 48.7 Å². The highest BCUT2D eigenvalue weighted by atomic mass is 19.1. The largest absolute Gasteiger partial charge is 0.442 e. The number of hydrogen-bond acceptors (Lipinski definition) is 7. The monoisotopic (exact) mass is 496 g/mol. The van der Waals surface area contributed by atoms with Gasteiger partial charge in [-0.2, -0.15) is 0 Å². The van der Waals surface area contributed by atoms with E-state index in [1.807, 2.05) is 0 Å². The smallest absolute Gasteiger partial charge is 0.414 e. The zero-order valence-electron chi connectivity index (χ0n) is 19.5. The van der Waals surface area contributed by atoms with E-state index in [-0.39, 0.29) is 44.6 Å². The average Bonchev–Trinajstić information content (AvgIpc) is 3.47. The van der Waals surface area contributed by atoms with E-state index in [0.717, 1.165) is 5.56 Å². The molecule has 3 amide bonds. The van der Waals surface area contributed by atoms with E-state index in [1.54, 1.807) is 36.4 Å². The number of aliphatic hydroxyl groups is 1. The third-order valence-electron chi connectivity index (χ3n) is 5.53. The number of ether oxygens (including phenoxy) is 1. The quantitative estimate of drug-likeness (QED) is 0.407. The number of anilines is 1. The molecule has 1 fully saturated rings. The van der Waals surface area contributed by atoms with Gasteiger partial charge in [0.15, 0.2) is 0 Å². The van der Waals surface area contributed by atoms with Crippen molar-refractivity contribution >= 4 is 23.6 Å². The summed E-state index contributed by atoms with van der Waals surface area (Å²) >= 11 is 0. The number of aromatic nitrogens is 3. The summed E-state index contributed by atoms with van der Waals surface area (Å²) in [5.41, 5.74) is 2.57. The molecule has 3 N–H and O–H groups in total. The van der Waals surface area contributed by atoms with Gasteiger partial charge in [-0.1, -0.05) is 29.5 Å². The second-order valence-corrected chi connectivity index (χ2v) is 8.26. The Morgan fingerprint density at radius 3 is 2.64 bits per heavy atom. The first-order chi connectivity index (χ1) is 17.3. The van der Waals surface area contributed by atoms with Crippen molar-refractivity contribution in [2.45, 2.75) is 32.7 Å². The molecule has 0 radical (unpaired) electrons. The van der Waals surface area contributed by atoms with Crippen molar-refractivity contribution in [3.05, 3.63) is 65.7 Å². The minimum absolute atomic E-state index is 0.0266. The standard InChI is InChI=1S/C24H25FN6O5/c1-15(33)26-10-20-12-31(24(35)36-20)19-6-7-21(22(25)8-19)17-4-2-16(3-5-17)9-27-23(34)13-30-11-18(14-32)28-29-30/h2-8,11,20,32H,9-10,12-14H2,1H3,(H,26,33)(H,27,34)/t20-/m0/s1. The molecule has 2 heterocycles. The van der Waals surface area contributed by atoms with Gasteiger partial charge in [-0.05, 0) is 29.3 Å². The molecule has 1 aromatic heterocycles. The lowest BCUT2D eigenvalue weighted by atomic mass is 10.0. The molecule has 0 spiro atoms. The highest BCUT2D eigenvalue weighted by Gasteiger charge is 2.32. The van der Waals surface area contributed by atoms with Crippen LogP contribution in [0, 0.1) is 5.82 Å². The normalized spacial score (nSPS) is 15.0. The molecule has 36 heavy (non-hydrogen) atoms. The molecular weight excluding hydrogens is 471 g/mol. The number of nitrogens with zero attached hydrogens (tertiary/aromatic N) is 4. The van der Waals surface area contributed by atoms with Crippen LogP contribution in [0.2, 0.25) is 0 Å². The number of cyclic esters (lactones) is 1. The molecule has 4 rings (SSSR count). The molecule has 11 nitrogen and oxygen atoms in total. The average molecular weight is 496 g/mol. The Balaban J connectivity index is 1.34. The van der Waals surface area contributed by atoms with Gasteiger partial charge in [0.2, 0.25) is 11.8 Å². The SMILES string of the molecule is CC(=O)NC[C@H]1CN(c2ccc(-c3ccc(CNC(=O)Cn4cc(CO)nn4)cc3)c(F)c2)C(=O)O1. The zero-order chi connectivity index (χ0) is 25.7. The van der Waals surface area contributed by atoms with Crippen molar-refractivity contribution in [2.24, 2.45) is 0 Å². The number of carbonyl (C=O) groups is 3. The van der Waals surface area contributed by atoms with Crippen LogP contribution in [0.1, 0.15) is 18.2 Å². The number of amides is 3. The van der Waals surface area contributed by atoms with Crippen LogP contribution in [0.4, 0.5) is 14.9 Å². The van der Waals surface area contributed by atoms with Gasteiger partial charge in [0.25, 0.3) is 0 Å². The third kappa shape index (κ3) is 6.02. The van der Waals surface area contributed by atoms with Crippen LogP contribution in [0.5, 0.6) is 0 Å². The molecule has 0 saturated carbocycles. The maximum absolute atomic E-state index is 14.9. The number of carbonyl (C=O) groups excluding carboxylic acids is 3. The minimum Gasteiger partial charge on any atom is -0.442 e. The summed E-state index contributed by atoms with van der Waals surface area (Å²) in [5.74, 6) is -0.992. The second-order valence-electron chi connectivity index (χ2n) is 8.26. The van der Waals surface area contributed by atoms with Gasteiger partial charge >= 0.3 is 6.09 Å². The van der Waals surface area contributed by atoms with Crippen molar-refractivity contribution in [2.75, 3.05) is 18.0 Å². The van der Waals surface area contributed by atoms with Crippen LogP contribution < -0.4 is 15.5 Å². The molecule has 0 aliphatic carbocycles. The molecule has 0 bridgehead atoms. The van der Waals surface area contributed by atoms with E-state index in [1.165, 1.54) is 28.8 Å². The summed E-state index contributed by atoms with van der Waals surface area (Å²) < 4.78 is 21.5. The summed E-state index contributed by atoms with van der Waals surface area (Å²) in [5, 5.41) is 21.8. The fourth-order valence-corrected chi connectivity index (χ4v) is 3.70. The number of halogens is 1. The van der Waals surface area contributed by atoms with Gasteiger partial charge < -0.3 is 20.5 Å². The van der Waals surface area contributed by atoms with Crippen LogP contribution >= 0.6 is 0 Å². The van der Waals surface area contributed by atoms with E-state index in [2.05, 4.69) is 20.9 Å². The van der Waals surface area contributed by atoms with Gasteiger partial charge in [0, 0.05) is 19.0 Å². The highest BCUT2D eigenvalue weighted by Crippen LogP contribution is 2.29. The molecule has 2 aromatic carbocycles. The van der Waals surface area contributed by atoms with Gasteiger partial charge in [-0.25, -0.2) is 13.9 Å². The second kappa shape index (κ2) is 11.0. The Hall–Kier alpha value is -4.32. The lowest BCUT2D eigenvalue weighted by Crippen LogP contribution is -2.33. The maximum atomic E-state index is 14.9. The first-order valence-electron chi connectivity index (χ1n) is 11.2. The molecule has 1 saturated heterocycles. The summed E-state index contributed by atoms with van der Waals surface area (Å²) in [6, 6.07) is 11.6. The van der Waals surface area contributed by atoms with Crippen LogP contribution in [-0.4, -0.2) is 57.2 Å². The number of aliphatic hydroxyl groups excluding tert-OH is 1. The van der Waals surface area contributed by atoms with E-state index in [9.17, 15) is 18.8 Å². The van der Waals surface area contributed by atoms with Crippen LogP contribution in [0.3, 0.4) is 0 Å². The van der Waals surface area contributed by atoms with E-state index >= 15 is 0 Å². The van der Waals surface area contributed by atoms with E-state index in [4.69, 9.17) is 9.84 Å². The van der Waals surface area contributed by atoms with Crippen molar-refractivity contribution < 1.29 is 28.6 Å². The fourth-order valence-electron chi connectivity index (χ4n) is 3.70. The highest BCUT2D eigenvalue weighted by molar-refractivity contribution is 5.90. The van der Waals surface area contributed by atoms with Gasteiger partial charge in [-0.15, -0.1) is 5.10 Å². The summed E-state index contributed by atoms with van der Waals surface area (Å²) in [6.07, 6.45) is 0.387. The van der Waals surface area contributed by atoms with E-state index in [0.29, 0.717) is 22.5 Å². The summed E-state index contributed by atoms with van der Waals surface area (Å²) in [7, 11) is 0. The Morgan fingerprint density at radius 2 is 1.97 bits per heavy atom. The molecule has 3 aromatic rings. The Morgan fingerprint density at radius 1 is 1.19 bits per heavy atom. The van der Waals surface area contributed by atoms with Crippen LogP contribution in [0.25, 0.3) is 11.1 Å². The molecule has 1 aliphatic heterocycles. The third-order valence-corrected chi connectivity index (χ3v) is 5.53. The first-order valence-corrected chi connectivity index (χ1v) is 11.2. The number of benzene rings is 2. The van der Waals surface area contributed by atoms with E-state index < -0.39 is 18.0 Å². The zero-order valence-corrected chi connectivity index (χ0v) is 19.5. The fraction of sp³-hybridized carbons (Fsp3) is 0.292. The number of nitrogens with one attached hydrogen (secondary N) is 2. The first kappa shape index (κ1) is 24.8. The lowest BCUT2D eigenvalue weighted by molar-refractivity contribution is -0.122. The Labute approximate surface area is 205 Å². The van der Waals surface area contributed by atoms with Crippen LogP contribution in [-0.2, 0) is 34.0 Å². The Kier molecular flexibility index (Phi) is 7.54.